The van der Waals surface area contributed by atoms with Gasteiger partial charge in [-0.2, -0.15) is 4.39 Å². The molecule has 0 spiro atoms. The molecular weight excluding hydrogens is 574 g/mol. The molecule has 0 saturated carbocycles. The van der Waals surface area contributed by atoms with Gasteiger partial charge in [-0.05, 0) is 79.6 Å². The molecule has 8 nitrogen and oxygen atoms in total. The van der Waals surface area contributed by atoms with E-state index in [4.69, 9.17) is 4.74 Å². The Morgan fingerprint density at radius 3 is 2.61 bits per heavy atom. The number of amides is 1. The van der Waals surface area contributed by atoms with Crippen molar-refractivity contribution >= 4 is 45.5 Å². The largest absolute Gasteiger partial charge is 0.378 e. The summed E-state index contributed by atoms with van der Waals surface area (Å²) in [5, 5.41) is 6.72. The van der Waals surface area contributed by atoms with Crippen molar-refractivity contribution in [1.82, 2.24) is 19.2 Å². The van der Waals surface area contributed by atoms with E-state index < -0.39 is 17.4 Å². The number of ether oxygens (including phenoxy) is 1. The summed E-state index contributed by atoms with van der Waals surface area (Å²) in [7, 11) is 0. The molecule has 0 radical (unpaired) electrons. The molecule has 4 heterocycles. The monoisotopic (exact) mass is 602 g/mol. The molecule has 188 valence electrons. The molecule has 0 aliphatic carbocycles. The van der Waals surface area contributed by atoms with Gasteiger partial charge in [0, 0.05) is 36.7 Å². The Kier molecular flexibility index (Phi) is 6.50. The number of rotatable bonds is 4. The first-order valence-electron chi connectivity index (χ1n) is 11.8. The summed E-state index contributed by atoms with van der Waals surface area (Å²) >= 11 is 2.28. The van der Waals surface area contributed by atoms with Crippen LogP contribution in [0.5, 0.6) is 0 Å². The van der Waals surface area contributed by atoms with Crippen molar-refractivity contribution in [3.63, 3.8) is 0 Å². The van der Waals surface area contributed by atoms with E-state index in [0.29, 0.717) is 18.9 Å². The Bertz CT molecular complexity index is 1450. The van der Waals surface area contributed by atoms with Crippen molar-refractivity contribution in [3.8, 4) is 11.1 Å². The van der Waals surface area contributed by atoms with E-state index in [2.05, 4.69) is 59.6 Å². The molecule has 1 saturated heterocycles. The molecular formula is C26H28FIN6O2. The fourth-order valence-electron chi connectivity index (χ4n) is 4.28. The Morgan fingerprint density at radius 2 is 1.92 bits per heavy atom. The molecule has 1 aliphatic rings. The Balaban J connectivity index is 1.51. The molecule has 4 aromatic rings. The Hall–Kier alpha value is -2.99. The maximum atomic E-state index is 14.5. The molecule has 1 aliphatic heterocycles. The number of anilines is 2. The molecule has 1 fully saturated rings. The van der Waals surface area contributed by atoms with Crippen LogP contribution in [0.3, 0.4) is 0 Å². The van der Waals surface area contributed by atoms with Crippen LogP contribution in [-0.2, 0) is 10.3 Å². The summed E-state index contributed by atoms with van der Waals surface area (Å²) < 4.78 is 24.6. The Morgan fingerprint density at radius 1 is 1.17 bits per heavy atom. The molecule has 1 amide bonds. The highest BCUT2D eigenvalue weighted by Gasteiger charge is 2.23. The number of imidazole rings is 1. The van der Waals surface area contributed by atoms with Crippen LogP contribution in [0.25, 0.3) is 16.8 Å². The number of nitrogens with zero attached hydrogens (tertiary/aromatic N) is 5. The number of aromatic nitrogens is 4. The average molecular weight is 602 g/mol. The topological polar surface area (TPSA) is 76.7 Å². The van der Waals surface area contributed by atoms with E-state index >= 15 is 0 Å². The normalized spacial score (nSPS) is 14.4. The second-order valence-electron chi connectivity index (χ2n) is 9.92. The molecule has 0 unspecified atom stereocenters. The van der Waals surface area contributed by atoms with Crippen molar-refractivity contribution in [3.05, 3.63) is 63.6 Å². The van der Waals surface area contributed by atoms with Gasteiger partial charge >= 0.3 is 0 Å². The lowest BCUT2D eigenvalue weighted by atomic mass is 10.0. The summed E-state index contributed by atoms with van der Waals surface area (Å²) in [5.41, 5.74) is 5.04. The zero-order valence-electron chi connectivity index (χ0n) is 20.7. The second kappa shape index (κ2) is 9.47. The van der Waals surface area contributed by atoms with Crippen LogP contribution in [0.15, 0.2) is 42.9 Å². The van der Waals surface area contributed by atoms with Crippen molar-refractivity contribution in [2.75, 3.05) is 36.5 Å². The summed E-state index contributed by atoms with van der Waals surface area (Å²) in [5.74, 6) is -1.32. The minimum Gasteiger partial charge on any atom is -0.378 e. The molecule has 0 bridgehead atoms. The highest BCUT2D eigenvalue weighted by atomic mass is 127. The average Bonchev–Trinajstić information content (AvgIpc) is 3.43. The molecule has 3 aromatic heterocycles. The summed E-state index contributed by atoms with van der Waals surface area (Å²) in [6, 6.07) is 7.85. The summed E-state index contributed by atoms with van der Waals surface area (Å²) in [6.45, 7) is 10.7. The lowest BCUT2D eigenvalue weighted by Crippen LogP contribution is -2.36. The van der Waals surface area contributed by atoms with E-state index in [1.807, 2.05) is 52.1 Å². The lowest BCUT2D eigenvalue weighted by Gasteiger charge is -2.29. The highest BCUT2D eigenvalue weighted by Crippen LogP contribution is 2.33. The summed E-state index contributed by atoms with van der Waals surface area (Å²) in [4.78, 5) is 19.9. The number of morpholine rings is 1. The number of carbonyl (C=O) groups is 1. The van der Waals surface area contributed by atoms with E-state index in [9.17, 15) is 9.18 Å². The van der Waals surface area contributed by atoms with E-state index in [1.54, 1.807) is 0 Å². The quantitative estimate of drug-likeness (QED) is 0.330. The van der Waals surface area contributed by atoms with Gasteiger partial charge in [-0.25, -0.2) is 4.98 Å². The van der Waals surface area contributed by atoms with Crippen molar-refractivity contribution in [2.45, 2.75) is 33.2 Å². The van der Waals surface area contributed by atoms with E-state index in [0.717, 1.165) is 44.8 Å². The van der Waals surface area contributed by atoms with Crippen molar-refractivity contribution in [2.24, 2.45) is 0 Å². The third-order valence-corrected chi connectivity index (χ3v) is 7.10. The van der Waals surface area contributed by atoms with Crippen molar-refractivity contribution < 1.29 is 13.9 Å². The van der Waals surface area contributed by atoms with Gasteiger partial charge in [-0.15, -0.1) is 5.10 Å². The van der Waals surface area contributed by atoms with E-state index in [1.165, 1.54) is 10.9 Å². The lowest BCUT2D eigenvalue weighted by molar-refractivity contribution is 0.102. The molecule has 5 rings (SSSR count). The van der Waals surface area contributed by atoms with Crippen LogP contribution in [0.1, 0.15) is 36.7 Å². The minimum atomic E-state index is -0.787. The van der Waals surface area contributed by atoms with Gasteiger partial charge in [0.15, 0.2) is 5.65 Å². The smallest absolute Gasteiger partial charge is 0.261 e. The number of benzene rings is 1. The zero-order valence-corrected chi connectivity index (χ0v) is 22.8. The Labute approximate surface area is 222 Å². The predicted octanol–water partition coefficient (Wildman–Crippen LogP) is 5.09. The number of halogens is 2. The van der Waals surface area contributed by atoms with Gasteiger partial charge in [-0.3, -0.25) is 13.9 Å². The third-order valence-electron chi connectivity index (χ3n) is 6.30. The zero-order chi connectivity index (χ0) is 25.6. The number of pyridine rings is 1. The van der Waals surface area contributed by atoms with Crippen LogP contribution in [0.4, 0.5) is 15.8 Å². The molecule has 10 heteroatoms. The number of hydrogen-bond acceptors (Lipinski definition) is 5. The van der Waals surface area contributed by atoms with Gasteiger partial charge in [0.25, 0.3) is 5.91 Å². The predicted molar refractivity (Wildman–Crippen MR) is 146 cm³/mol. The fourth-order valence-corrected chi connectivity index (χ4v) is 4.79. The molecule has 36 heavy (non-hydrogen) atoms. The SMILES string of the molecule is Cc1ccc(NC(=O)c2cn(C(C)(C)C)nc2F)cc1-c1cc(N2CCOCC2)c2ncc(I)n2c1. The number of aryl methyl sites for hydroxylation is 1. The van der Waals surface area contributed by atoms with Gasteiger partial charge in [0.05, 0.1) is 30.6 Å². The number of fused-ring (bicyclic) bond motifs is 1. The van der Waals surface area contributed by atoms with E-state index in [-0.39, 0.29) is 5.56 Å². The highest BCUT2D eigenvalue weighted by molar-refractivity contribution is 14.1. The fraction of sp³-hybridized carbons (Fsp3) is 0.346. The first kappa shape index (κ1) is 24.7. The standard InChI is InChI=1S/C26H28FIN6O2/c1-16-5-6-18(30-25(35)20-15-34(26(2,3)4)31-23(20)27)12-19(16)17-11-21(32-7-9-36-10-8-32)24-29-13-22(28)33(24)14-17/h5-6,11-15H,7-10H2,1-4H3,(H,30,35). The maximum absolute atomic E-state index is 14.5. The number of hydrogen-bond donors (Lipinski definition) is 1. The van der Waals surface area contributed by atoms with Gasteiger partial charge < -0.3 is 15.0 Å². The van der Waals surface area contributed by atoms with Crippen LogP contribution in [0.2, 0.25) is 0 Å². The maximum Gasteiger partial charge on any atom is 0.261 e. The van der Waals surface area contributed by atoms with Gasteiger partial charge in [-0.1, -0.05) is 6.07 Å². The van der Waals surface area contributed by atoms with Crippen LogP contribution >= 0.6 is 22.6 Å². The second-order valence-corrected chi connectivity index (χ2v) is 11.0. The first-order chi connectivity index (χ1) is 17.1. The molecule has 1 N–H and O–H groups in total. The van der Waals surface area contributed by atoms with Gasteiger partial charge in [0.1, 0.15) is 9.26 Å². The number of nitrogens with one attached hydrogen (secondary N) is 1. The minimum absolute atomic E-state index is 0.0870. The third kappa shape index (κ3) is 4.71. The van der Waals surface area contributed by atoms with Crippen LogP contribution in [0, 0.1) is 16.6 Å². The van der Waals surface area contributed by atoms with Crippen LogP contribution < -0.4 is 10.2 Å². The van der Waals surface area contributed by atoms with Crippen molar-refractivity contribution in [1.29, 1.82) is 0 Å². The summed E-state index contributed by atoms with van der Waals surface area (Å²) in [6.07, 6.45) is 5.37. The molecule has 0 atom stereocenters. The van der Waals surface area contributed by atoms with Gasteiger partial charge in [0.2, 0.25) is 5.95 Å². The molecule has 1 aromatic carbocycles. The first-order valence-corrected chi connectivity index (χ1v) is 12.9. The number of carbonyl (C=O) groups excluding carboxylic acids is 1. The van der Waals surface area contributed by atoms with Crippen LogP contribution in [-0.4, -0.2) is 51.4 Å².